The summed E-state index contributed by atoms with van der Waals surface area (Å²) in [6, 6.07) is 5.16. The van der Waals surface area contributed by atoms with Gasteiger partial charge in [-0.25, -0.2) is 0 Å². The summed E-state index contributed by atoms with van der Waals surface area (Å²) in [5.74, 6) is 1.41. The highest BCUT2D eigenvalue weighted by atomic mass is 35.5. The van der Waals surface area contributed by atoms with E-state index >= 15 is 0 Å². The van der Waals surface area contributed by atoms with Crippen molar-refractivity contribution in [2.45, 2.75) is 20.0 Å². The van der Waals surface area contributed by atoms with E-state index in [1.807, 2.05) is 0 Å². The van der Waals surface area contributed by atoms with Crippen LogP contribution in [0.5, 0.6) is 5.75 Å². The van der Waals surface area contributed by atoms with Crippen molar-refractivity contribution in [3.05, 3.63) is 28.2 Å². The maximum Gasteiger partial charge on any atom is 0.138 e. The van der Waals surface area contributed by atoms with Crippen LogP contribution in [0.2, 0.25) is 10.0 Å². The number of hydrogen-bond donors (Lipinski definition) is 0. The number of rotatable bonds is 4. The molecule has 15 heavy (non-hydrogen) atoms. The molecule has 1 unspecified atom stereocenters. The van der Waals surface area contributed by atoms with Crippen molar-refractivity contribution < 1.29 is 4.74 Å². The maximum absolute atomic E-state index is 5.98. The lowest BCUT2D eigenvalue weighted by molar-refractivity contribution is 0.174. The highest BCUT2D eigenvalue weighted by molar-refractivity contribution is 6.35. The summed E-state index contributed by atoms with van der Waals surface area (Å²) in [5, 5.41) is 1.11. The number of ether oxygens (including phenoxy) is 1. The summed E-state index contributed by atoms with van der Waals surface area (Å²) >= 11 is 17.6. The highest BCUT2D eigenvalue weighted by Crippen LogP contribution is 2.29. The lowest BCUT2D eigenvalue weighted by atomic mass is 10.1. The van der Waals surface area contributed by atoms with E-state index in [0.717, 1.165) is 0 Å². The Morgan fingerprint density at radius 3 is 2.40 bits per heavy atom. The molecule has 0 aliphatic heterocycles. The fraction of sp³-hybridized carbons (Fsp3) is 0.455. The molecule has 0 saturated carbocycles. The molecule has 0 bridgehead atoms. The molecular weight excluding hydrogens is 254 g/mol. The Bertz CT molecular complexity index is 326. The lowest BCUT2D eigenvalue weighted by Gasteiger charge is -2.20. The van der Waals surface area contributed by atoms with Gasteiger partial charge in [-0.05, 0) is 24.1 Å². The summed E-state index contributed by atoms with van der Waals surface area (Å²) < 4.78 is 5.69. The number of benzene rings is 1. The molecule has 84 valence electrons. The van der Waals surface area contributed by atoms with Crippen LogP contribution in [0.3, 0.4) is 0 Å². The zero-order valence-corrected chi connectivity index (χ0v) is 10.9. The van der Waals surface area contributed by atoms with Crippen molar-refractivity contribution in [2.75, 3.05) is 5.88 Å². The van der Waals surface area contributed by atoms with E-state index in [2.05, 4.69) is 13.8 Å². The predicted octanol–water partition coefficient (Wildman–Crippen LogP) is 4.64. The highest BCUT2D eigenvalue weighted by Gasteiger charge is 2.15. The van der Waals surface area contributed by atoms with Crippen LogP contribution in [-0.4, -0.2) is 12.0 Å². The topological polar surface area (TPSA) is 9.23 Å². The summed E-state index contributed by atoms with van der Waals surface area (Å²) in [4.78, 5) is 0. The normalized spacial score (nSPS) is 12.9. The van der Waals surface area contributed by atoms with Crippen LogP contribution in [0.25, 0.3) is 0 Å². The van der Waals surface area contributed by atoms with Gasteiger partial charge in [-0.1, -0.05) is 37.0 Å². The molecule has 0 saturated heterocycles. The first-order valence-electron chi connectivity index (χ1n) is 4.72. The predicted molar refractivity (Wildman–Crippen MR) is 66.4 cm³/mol. The Hall–Kier alpha value is -0.110. The summed E-state index contributed by atoms with van der Waals surface area (Å²) in [6.45, 7) is 4.10. The molecule has 0 heterocycles. The molecule has 0 aliphatic carbocycles. The first-order chi connectivity index (χ1) is 7.04. The molecule has 0 aromatic heterocycles. The zero-order valence-electron chi connectivity index (χ0n) is 8.64. The molecule has 1 rings (SSSR count). The molecule has 0 aliphatic rings. The minimum Gasteiger partial charge on any atom is -0.487 e. The van der Waals surface area contributed by atoms with E-state index < -0.39 is 0 Å². The van der Waals surface area contributed by atoms with Crippen LogP contribution in [0.1, 0.15) is 13.8 Å². The van der Waals surface area contributed by atoms with Crippen LogP contribution < -0.4 is 4.74 Å². The number of hydrogen-bond acceptors (Lipinski definition) is 1. The fourth-order valence-electron chi connectivity index (χ4n) is 1.08. The van der Waals surface area contributed by atoms with Crippen molar-refractivity contribution >= 4 is 34.8 Å². The second kappa shape index (κ2) is 5.83. The van der Waals surface area contributed by atoms with Crippen molar-refractivity contribution in [1.82, 2.24) is 0 Å². The Balaban J connectivity index is 2.79. The molecular formula is C11H13Cl3O. The molecule has 0 spiro atoms. The molecule has 0 amide bonds. The standard InChI is InChI=1S/C11H13Cl3O/c1-7(2)11(6-12)15-10-4-3-8(13)5-9(10)14/h3-5,7,11H,6H2,1-2H3. The van der Waals surface area contributed by atoms with Crippen molar-refractivity contribution in [3.8, 4) is 5.75 Å². The first kappa shape index (κ1) is 13.0. The molecule has 1 aromatic rings. The van der Waals surface area contributed by atoms with E-state index in [4.69, 9.17) is 39.5 Å². The van der Waals surface area contributed by atoms with E-state index in [1.54, 1.807) is 18.2 Å². The van der Waals surface area contributed by atoms with Gasteiger partial charge in [0.05, 0.1) is 10.9 Å². The Labute approximate surface area is 105 Å². The second-order valence-corrected chi connectivity index (χ2v) is 4.78. The maximum atomic E-state index is 5.98. The minimum absolute atomic E-state index is 0.0367. The van der Waals surface area contributed by atoms with Gasteiger partial charge in [0.15, 0.2) is 0 Å². The molecule has 4 heteroatoms. The lowest BCUT2D eigenvalue weighted by Crippen LogP contribution is -2.24. The Kier molecular flexibility index (Phi) is 5.04. The van der Waals surface area contributed by atoms with Gasteiger partial charge < -0.3 is 4.74 Å². The third-order valence-corrected chi connectivity index (χ3v) is 2.90. The minimum atomic E-state index is -0.0367. The molecule has 1 nitrogen and oxygen atoms in total. The van der Waals surface area contributed by atoms with E-state index in [9.17, 15) is 0 Å². The van der Waals surface area contributed by atoms with E-state index in [0.29, 0.717) is 27.6 Å². The first-order valence-corrected chi connectivity index (χ1v) is 6.01. The Morgan fingerprint density at radius 2 is 1.93 bits per heavy atom. The van der Waals surface area contributed by atoms with Crippen LogP contribution in [0.15, 0.2) is 18.2 Å². The van der Waals surface area contributed by atoms with E-state index in [-0.39, 0.29) is 6.10 Å². The van der Waals surface area contributed by atoms with Gasteiger partial charge in [0.25, 0.3) is 0 Å². The summed E-state index contributed by atoms with van der Waals surface area (Å²) in [7, 11) is 0. The number of halogens is 3. The third kappa shape index (κ3) is 3.75. The van der Waals surface area contributed by atoms with Crippen LogP contribution in [-0.2, 0) is 0 Å². The average Bonchev–Trinajstić information content (AvgIpc) is 2.16. The SMILES string of the molecule is CC(C)C(CCl)Oc1ccc(Cl)cc1Cl. The van der Waals surface area contributed by atoms with Gasteiger partial charge in [0, 0.05) is 5.02 Å². The van der Waals surface area contributed by atoms with Gasteiger partial charge >= 0.3 is 0 Å². The summed E-state index contributed by atoms with van der Waals surface area (Å²) in [5.41, 5.74) is 0. The molecule has 0 N–H and O–H groups in total. The van der Waals surface area contributed by atoms with E-state index in [1.165, 1.54) is 0 Å². The molecule has 0 fully saturated rings. The fourth-order valence-corrected chi connectivity index (χ4v) is 1.95. The monoisotopic (exact) mass is 266 g/mol. The molecule has 1 atom stereocenters. The van der Waals surface area contributed by atoms with Gasteiger partial charge in [-0.2, -0.15) is 0 Å². The van der Waals surface area contributed by atoms with Crippen molar-refractivity contribution in [3.63, 3.8) is 0 Å². The molecule has 1 aromatic carbocycles. The largest absolute Gasteiger partial charge is 0.487 e. The second-order valence-electron chi connectivity index (χ2n) is 3.63. The van der Waals surface area contributed by atoms with Gasteiger partial charge in [0.2, 0.25) is 0 Å². The van der Waals surface area contributed by atoms with Crippen LogP contribution >= 0.6 is 34.8 Å². The third-order valence-electron chi connectivity index (χ3n) is 2.07. The van der Waals surface area contributed by atoms with Crippen molar-refractivity contribution in [1.29, 1.82) is 0 Å². The zero-order chi connectivity index (χ0) is 11.4. The molecule has 0 radical (unpaired) electrons. The van der Waals surface area contributed by atoms with Gasteiger partial charge in [-0.3, -0.25) is 0 Å². The average molecular weight is 268 g/mol. The van der Waals surface area contributed by atoms with Gasteiger partial charge in [0.1, 0.15) is 11.9 Å². The van der Waals surface area contributed by atoms with Crippen LogP contribution in [0, 0.1) is 5.92 Å². The van der Waals surface area contributed by atoms with Gasteiger partial charge in [-0.15, -0.1) is 11.6 Å². The Morgan fingerprint density at radius 1 is 1.27 bits per heavy atom. The smallest absolute Gasteiger partial charge is 0.138 e. The number of alkyl halides is 1. The van der Waals surface area contributed by atoms with Crippen molar-refractivity contribution in [2.24, 2.45) is 5.92 Å². The van der Waals surface area contributed by atoms with Crippen LogP contribution in [0.4, 0.5) is 0 Å². The quantitative estimate of drug-likeness (QED) is 0.722. The summed E-state index contributed by atoms with van der Waals surface area (Å²) in [6.07, 6.45) is -0.0367.